The van der Waals surface area contributed by atoms with Gasteiger partial charge in [-0.3, -0.25) is 9.78 Å². The van der Waals surface area contributed by atoms with Crippen LogP contribution in [0.2, 0.25) is 0 Å². The molecule has 0 saturated carbocycles. The zero-order valence-electron chi connectivity index (χ0n) is 12.5. The standard InChI is InChI=1S/C16H22N4O/c1-3-11(2)20-15(21)8-10-18-14-7-6-13(17)12-5-4-9-19-16(12)14/h4-7,9,11,18H,3,8,10,17H2,1-2H3,(H,20,21). The summed E-state index contributed by atoms with van der Waals surface area (Å²) in [6.45, 7) is 4.62. The molecule has 0 bridgehead atoms. The highest BCUT2D eigenvalue weighted by Crippen LogP contribution is 2.26. The number of nitrogen functional groups attached to an aromatic ring is 1. The molecule has 112 valence electrons. The lowest BCUT2D eigenvalue weighted by Gasteiger charge is -2.13. The molecule has 21 heavy (non-hydrogen) atoms. The SMILES string of the molecule is CCC(C)NC(=O)CCNc1ccc(N)c2cccnc12. The van der Waals surface area contributed by atoms with Crippen LogP contribution in [0.5, 0.6) is 0 Å². The average molecular weight is 286 g/mol. The van der Waals surface area contributed by atoms with E-state index in [0.717, 1.165) is 23.0 Å². The molecule has 1 heterocycles. The van der Waals surface area contributed by atoms with Gasteiger partial charge in [-0.2, -0.15) is 0 Å². The molecule has 1 amide bonds. The summed E-state index contributed by atoms with van der Waals surface area (Å²) in [4.78, 5) is 16.1. The van der Waals surface area contributed by atoms with Crippen LogP contribution in [0.25, 0.3) is 10.9 Å². The Morgan fingerprint density at radius 3 is 2.95 bits per heavy atom. The maximum absolute atomic E-state index is 11.7. The summed E-state index contributed by atoms with van der Waals surface area (Å²) in [5.74, 6) is 0.0598. The van der Waals surface area contributed by atoms with E-state index in [-0.39, 0.29) is 11.9 Å². The molecule has 1 atom stereocenters. The lowest BCUT2D eigenvalue weighted by molar-refractivity contribution is -0.121. The van der Waals surface area contributed by atoms with E-state index in [1.165, 1.54) is 0 Å². The molecule has 5 nitrogen and oxygen atoms in total. The van der Waals surface area contributed by atoms with Gasteiger partial charge in [0.2, 0.25) is 5.91 Å². The number of amides is 1. The second-order valence-electron chi connectivity index (χ2n) is 5.16. The van der Waals surface area contributed by atoms with Gasteiger partial charge in [0.1, 0.15) is 0 Å². The number of hydrogen-bond acceptors (Lipinski definition) is 4. The topological polar surface area (TPSA) is 80.0 Å². The Balaban J connectivity index is 1.98. The van der Waals surface area contributed by atoms with Crippen LogP contribution in [0.3, 0.4) is 0 Å². The van der Waals surface area contributed by atoms with Crippen LogP contribution < -0.4 is 16.4 Å². The highest BCUT2D eigenvalue weighted by molar-refractivity contribution is 5.98. The quantitative estimate of drug-likeness (QED) is 0.713. The monoisotopic (exact) mass is 286 g/mol. The molecule has 0 fully saturated rings. The van der Waals surface area contributed by atoms with Gasteiger partial charge in [0.25, 0.3) is 0 Å². The Labute approximate surface area is 124 Å². The first-order valence-electron chi connectivity index (χ1n) is 7.28. The number of carbonyl (C=O) groups is 1. The Morgan fingerprint density at radius 2 is 2.19 bits per heavy atom. The van der Waals surface area contributed by atoms with Crippen LogP contribution in [-0.4, -0.2) is 23.5 Å². The number of nitrogens with one attached hydrogen (secondary N) is 2. The molecule has 2 rings (SSSR count). The summed E-state index contributed by atoms with van der Waals surface area (Å²) in [5, 5.41) is 7.13. The molecular weight excluding hydrogens is 264 g/mol. The number of hydrogen-bond donors (Lipinski definition) is 3. The van der Waals surface area contributed by atoms with Crippen LogP contribution in [0.15, 0.2) is 30.5 Å². The number of fused-ring (bicyclic) bond motifs is 1. The minimum absolute atomic E-state index is 0.0598. The van der Waals surface area contributed by atoms with Crippen molar-refractivity contribution < 1.29 is 4.79 Å². The first-order valence-corrected chi connectivity index (χ1v) is 7.28. The predicted octanol–water partition coefficient (Wildman–Crippen LogP) is 2.53. The normalized spacial score (nSPS) is 12.1. The minimum Gasteiger partial charge on any atom is -0.398 e. The van der Waals surface area contributed by atoms with Gasteiger partial charge in [-0.1, -0.05) is 6.92 Å². The second kappa shape index (κ2) is 6.92. The lowest BCUT2D eigenvalue weighted by atomic mass is 10.1. The number of pyridine rings is 1. The highest BCUT2D eigenvalue weighted by atomic mass is 16.1. The number of rotatable bonds is 6. The Hall–Kier alpha value is -2.30. The van der Waals surface area contributed by atoms with Gasteiger partial charge < -0.3 is 16.4 Å². The van der Waals surface area contributed by atoms with Crippen molar-refractivity contribution in [2.75, 3.05) is 17.6 Å². The van der Waals surface area contributed by atoms with Gasteiger partial charge in [0, 0.05) is 36.3 Å². The molecule has 1 aromatic carbocycles. The third kappa shape index (κ3) is 3.84. The summed E-state index contributed by atoms with van der Waals surface area (Å²) in [6, 6.07) is 7.78. The third-order valence-electron chi connectivity index (χ3n) is 3.49. The van der Waals surface area contributed by atoms with Crippen LogP contribution in [0.4, 0.5) is 11.4 Å². The molecule has 0 aliphatic rings. The Bertz CT molecular complexity index is 627. The minimum atomic E-state index is 0.0598. The molecule has 0 saturated heterocycles. The number of benzene rings is 1. The molecule has 1 aromatic heterocycles. The van der Waals surface area contributed by atoms with Crippen LogP contribution >= 0.6 is 0 Å². The molecule has 0 aliphatic heterocycles. The number of nitrogens with zero attached hydrogens (tertiary/aromatic N) is 1. The Morgan fingerprint density at radius 1 is 1.38 bits per heavy atom. The van der Waals surface area contributed by atoms with Gasteiger partial charge in [-0.15, -0.1) is 0 Å². The smallest absolute Gasteiger partial charge is 0.221 e. The van der Waals surface area contributed by atoms with Gasteiger partial charge in [-0.25, -0.2) is 0 Å². The van der Waals surface area contributed by atoms with Crippen molar-refractivity contribution in [1.82, 2.24) is 10.3 Å². The van der Waals surface area contributed by atoms with Crippen LogP contribution in [0, 0.1) is 0 Å². The predicted molar refractivity (Wildman–Crippen MR) is 87.2 cm³/mol. The summed E-state index contributed by atoms with van der Waals surface area (Å²) >= 11 is 0. The fraction of sp³-hybridized carbons (Fsp3) is 0.375. The van der Waals surface area contributed by atoms with E-state index in [1.54, 1.807) is 6.20 Å². The van der Waals surface area contributed by atoms with E-state index in [1.807, 2.05) is 31.2 Å². The maximum Gasteiger partial charge on any atom is 0.221 e. The van der Waals surface area contributed by atoms with Gasteiger partial charge in [0.05, 0.1) is 11.2 Å². The van der Waals surface area contributed by atoms with Crippen molar-refractivity contribution in [2.45, 2.75) is 32.7 Å². The molecule has 0 radical (unpaired) electrons. The number of aromatic nitrogens is 1. The van der Waals surface area contributed by atoms with Crippen LogP contribution in [0.1, 0.15) is 26.7 Å². The summed E-state index contributed by atoms with van der Waals surface area (Å²) in [7, 11) is 0. The van der Waals surface area contributed by atoms with Gasteiger partial charge >= 0.3 is 0 Å². The van der Waals surface area contributed by atoms with Crippen molar-refractivity contribution in [1.29, 1.82) is 0 Å². The summed E-state index contributed by atoms with van der Waals surface area (Å²) in [6.07, 6.45) is 3.11. The van der Waals surface area contributed by atoms with Crippen molar-refractivity contribution in [2.24, 2.45) is 0 Å². The summed E-state index contributed by atoms with van der Waals surface area (Å²) in [5.41, 5.74) is 8.38. The fourth-order valence-electron chi connectivity index (χ4n) is 2.10. The van der Waals surface area contributed by atoms with Crippen molar-refractivity contribution in [3.8, 4) is 0 Å². The van der Waals surface area contributed by atoms with Crippen molar-refractivity contribution in [3.05, 3.63) is 30.5 Å². The lowest BCUT2D eigenvalue weighted by Crippen LogP contribution is -2.32. The molecule has 0 aliphatic carbocycles. The maximum atomic E-state index is 11.7. The molecular formula is C16H22N4O. The van der Waals surface area contributed by atoms with E-state index in [2.05, 4.69) is 22.5 Å². The zero-order valence-corrected chi connectivity index (χ0v) is 12.5. The Kier molecular flexibility index (Phi) is 4.98. The summed E-state index contributed by atoms with van der Waals surface area (Å²) < 4.78 is 0. The van der Waals surface area contributed by atoms with E-state index in [4.69, 9.17) is 5.73 Å². The van der Waals surface area contributed by atoms with E-state index < -0.39 is 0 Å². The number of carbonyl (C=O) groups excluding carboxylic acids is 1. The van der Waals surface area contributed by atoms with Gasteiger partial charge in [0.15, 0.2) is 0 Å². The number of nitrogens with two attached hydrogens (primary N) is 1. The van der Waals surface area contributed by atoms with Gasteiger partial charge in [-0.05, 0) is 37.6 Å². The zero-order chi connectivity index (χ0) is 15.2. The molecule has 4 N–H and O–H groups in total. The molecule has 2 aromatic rings. The van der Waals surface area contributed by atoms with Crippen molar-refractivity contribution >= 4 is 28.2 Å². The van der Waals surface area contributed by atoms with E-state index in [0.29, 0.717) is 18.7 Å². The second-order valence-corrected chi connectivity index (χ2v) is 5.16. The average Bonchev–Trinajstić information content (AvgIpc) is 2.49. The highest BCUT2D eigenvalue weighted by Gasteiger charge is 2.07. The fourth-order valence-corrected chi connectivity index (χ4v) is 2.10. The van der Waals surface area contributed by atoms with E-state index >= 15 is 0 Å². The molecule has 5 heteroatoms. The first kappa shape index (κ1) is 15.1. The van der Waals surface area contributed by atoms with E-state index in [9.17, 15) is 4.79 Å². The van der Waals surface area contributed by atoms with Crippen molar-refractivity contribution in [3.63, 3.8) is 0 Å². The van der Waals surface area contributed by atoms with Crippen LogP contribution in [-0.2, 0) is 4.79 Å². The third-order valence-corrected chi connectivity index (χ3v) is 3.49. The number of anilines is 2. The molecule has 0 spiro atoms. The molecule has 1 unspecified atom stereocenters. The largest absolute Gasteiger partial charge is 0.398 e. The first-order chi connectivity index (χ1) is 10.1.